The quantitative estimate of drug-likeness (QED) is 0.452. The van der Waals surface area contributed by atoms with Gasteiger partial charge < -0.3 is 14.4 Å². The van der Waals surface area contributed by atoms with Crippen LogP contribution < -0.4 is 0 Å². The van der Waals surface area contributed by atoms with E-state index in [1.54, 1.807) is 27.7 Å². The average molecular weight is 311 g/mol. The number of nitrogens with zero attached hydrogens (tertiary/aromatic N) is 1. The molecular weight excluding hydrogens is 286 g/mol. The second-order valence-corrected chi connectivity index (χ2v) is 6.37. The number of carbonyl (C=O) groups excluding carboxylic acids is 3. The van der Waals surface area contributed by atoms with Crippen LogP contribution in [-0.4, -0.2) is 48.0 Å². The van der Waals surface area contributed by atoms with Gasteiger partial charge in [0.1, 0.15) is 11.0 Å². The maximum absolute atomic E-state index is 12.3. The lowest BCUT2D eigenvalue weighted by molar-refractivity contribution is -0.163. The zero-order valence-corrected chi connectivity index (χ0v) is 13.8. The van der Waals surface area contributed by atoms with E-state index in [4.69, 9.17) is 9.47 Å². The van der Waals surface area contributed by atoms with Gasteiger partial charge in [0.15, 0.2) is 5.78 Å². The third kappa shape index (κ3) is 4.08. The van der Waals surface area contributed by atoms with E-state index in [0.717, 1.165) is 0 Å². The van der Waals surface area contributed by atoms with Gasteiger partial charge in [0, 0.05) is 19.5 Å². The van der Waals surface area contributed by atoms with Crippen LogP contribution in [0.4, 0.5) is 4.79 Å². The molecule has 0 radical (unpaired) electrons. The number of allylic oxidation sites excluding steroid dienone is 1. The smallest absolute Gasteiger partial charge is 0.410 e. The van der Waals surface area contributed by atoms with Crippen molar-refractivity contribution < 1.29 is 23.9 Å². The first kappa shape index (κ1) is 18.2. The number of hydrogen-bond donors (Lipinski definition) is 0. The molecule has 0 saturated carbocycles. The monoisotopic (exact) mass is 311 g/mol. The van der Waals surface area contributed by atoms with Crippen molar-refractivity contribution >= 4 is 17.8 Å². The van der Waals surface area contributed by atoms with Crippen LogP contribution in [-0.2, 0) is 19.1 Å². The Bertz CT molecular complexity index is 466. The molecule has 0 aliphatic carbocycles. The lowest BCUT2D eigenvalue weighted by atomic mass is 9.76. The van der Waals surface area contributed by atoms with Crippen LogP contribution in [0.2, 0.25) is 0 Å². The molecule has 1 atom stereocenters. The van der Waals surface area contributed by atoms with Gasteiger partial charge in [-0.15, -0.1) is 6.58 Å². The molecule has 124 valence electrons. The molecule has 0 aromatic carbocycles. The number of likely N-dealkylation sites (tertiary alicyclic amines) is 1. The molecule has 0 aromatic rings. The average Bonchev–Trinajstić information content (AvgIpc) is 2.39. The molecule has 0 N–H and O–H groups in total. The van der Waals surface area contributed by atoms with Crippen molar-refractivity contribution in [1.82, 2.24) is 4.90 Å². The van der Waals surface area contributed by atoms with Crippen LogP contribution in [0.15, 0.2) is 12.7 Å². The Hall–Kier alpha value is -1.85. The lowest BCUT2D eigenvalue weighted by Gasteiger charge is -2.39. The Morgan fingerprint density at radius 3 is 2.55 bits per heavy atom. The molecule has 1 fully saturated rings. The third-order valence-electron chi connectivity index (χ3n) is 3.41. The van der Waals surface area contributed by atoms with Gasteiger partial charge in [0.25, 0.3) is 0 Å². The van der Waals surface area contributed by atoms with E-state index in [-0.39, 0.29) is 38.3 Å². The minimum Gasteiger partial charge on any atom is -0.465 e. The van der Waals surface area contributed by atoms with E-state index in [9.17, 15) is 14.4 Å². The van der Waals surface area contributed by atoms with Crippen molar-refractivity contribution in [3.63, 3.8) is 0 Å². The summed E-state index contributed by atoms with van der Waals surface area (Å²) >= 11 is 0. The number of hydrogen-bond acceptors (Lipinski definition) is 5. The number of rotatable bonds is 4. The van der Waals surface area contributed by atoms with Crippen LogP contribution in [0.3, 0.4) is 0 Å². The van der Waals surface area contributed by atoms with E-state index < -0.39 is 23.1 Å². The van der Waals surface area contributed by atoms with Gasteiger partial charge in [-0.05, 0) is 34.1 Å². The van der Waals surface area contributed by atoms with E-state index in [2.05, 4.69) is 6.58 Å². The predicted molar refractivity (Wildman–Crippen MR) is 81.3 cm³/mol. The van der Waals surface area contributed by atoms with Crippen molar-refractivity contribution in [3.05, 3.63) is 12.7 Å². The lowest BCUT2D eigenvalue weighted by Crippen LogP contribution is -2.56. The van der Waals surface area contributed by atoms with Gasteiger partial charge >= 0.3 is 12.1 Å². The molecule has 1 aliphatic heterocycles. The highest BCUT2D eigenvalue weighted by molar-refractivity contribution is 6.05. The molecular formula is C16H25NO5. The summed E-state index contributed by atoms with van der Waals surface area (Å²) in [6.45, 7) is 11.0. The molecule has 0 aromatic heterocycles. The van der Waals surface area contributed by atoms with E-state index in [1.165, 1.54) is 11.0 Å². The number of ether oxygens (including phenoxy) is 2. The Kier molecular flexibility index (Phi) is 5.74. The van der Waals surface area contributed by atoms with Crippen LogP contribution in [0, 0.1) is 5.41 Å². The van der Waals surface area contributed by atoms with Crippen LogP contribution >= 0.6 is 0 Å². The largest absolute Gasteiger partial charge is 0.465 e. The fourth-order valence-corrected chi connectivity index (χ4v) is 2.41. The Morgan fingerprint density at radius 2 is 2.05 bits per heavy atom. The molecule has 22 heavy (non-hydrogen) atoms. The first-order chi connectivity index (χ1) is 10.2. The van der Waals surface area contributed by atoms with Crippen molar-refractivity contribution in [3.8, 4) is 0 Å². The maximum Gasteiger partial charge on any atom is 0.410 e. The van der Waals surface area contributed by atoms with Crippen LogP contribution in [0.25, 0.3) is 0 Å². The standard InChI is InChI=1S/C16H25NO5/c1-6-9-16(13(19)21-7-2)11-17(10-8-12(16)18)14(20)22-15(3,4)5/h6H,1,7-11H2,2-5H3. The minimum atomic E-state index is -1.37. The summed E-state index contributed by atoms with van der Waals surface area (Å²) in [4.78, 5) is 38.3. The van der Waals surface area contributed by atoms with Gasteiger partial charge in [0.05, 0.1) is 6.61 Å². The number of amides is 1. The first-order valence-electron chi connectivity index (χ1n) is 7.45. The van der Waals surface area contributed by atoms with Gasteiger partial charge in [-0.2, -0.15) is 0 Å². The van der Waals surface area contributed by atoms with Gasteiger partial charge in [-0.1, -0.05) is 6.08 Å². The number of carbonyl (C=O) groups is 3. The second kappa shape index (κ2) is 6.94. The highest BCUT2D eigenvalue weighted by Crippen LogP contribution is 2.33. The van der Waals surface area contributed by atoms with E-state index in [1.807, 2.05) is 0 Å². The van der Waals surface area contributed by atoms with Gasteiger partial charge in [-0.3, -0.25) is 9.59 Å². The number of piperidine rings is 1. The van der Waals surface area contributed by atoms with Crippen LogP contribution in [0.1, 0.15) is 40.5 Å². The van der Waals surface area contributed by atoms with Crippen molar-refractivity contribution in [1.29, 1.82) is 0 Å². The summed E-state index contributed by atoms with van der Waals surface area (Å²) in [7, 11) is 0. The Morgan fingerprint density at radius 1 is 1.41 bits per heavy atom. The van der Waals surface area contributed by atoms with E-state index in [0.29, 0.717) is 0 Å². The summed E-state index contributed by atoms with van der Waals surface area (Å²) in [5, 5.41) is 0. The normalized spacial score (nSPS) is 22.2. The zero-order chi connectivity index (χ0) is 17.0. The number of esters is 1. The summed E-state index contributed by atoms with van der Waals surface area (Å²) < 4.78 is 10.4. The summed E-state index contributed by atoms with van der Waals surface area (Å²) in [6, 6.07) is 0. The minimum absolute atomic E-state index is 0.0361. The second-order valence-electron chi connectivity index (χ2n) is 6.37. The predicted octanol–water partition coefficient (Wildman–Crippen LogP) is 2.32. The Labute approximate surface area is 131 Å². The number of ketones is 1. The molecule has 0 spiro atoms. The first-order valence-corrected chi connectivity index (χ1v) is 7.45. The molecule has 0 bridgehead atoms. The summed E-state index contributed by atoms with van der Waals surface area (Å²) in [5.41, 5.74) is -2.00. The molecule has 6 nitrogen and oxygen atoms in total. The highest BCUT2D eigenvalue weighted by atomic mass is 16.6. The molecule has 6 heteroatoms. The maximum atomic E-state index is 12.3. The number of Topliss-reactive ketones (excluding diaryl/α,β-unsaturated/α-hetero) is 1. The third-order valence-corrected chi connectivity index (χ3v) is 3.41. The van der Waals surface area contributed by atoms with Gasteiger partial charge in [0.2, 0.25) is 0 Å². The SMILES string of the molecule is C=CCC1(C(=O)OCC)CN(C(=O)OC(C)(C)C)CCC1=O. The van der Waals surface area contributed by atoms with Gasteiger partial charge in [-0.25, -0.2) is 4.79 Å². The van der Waals surface area contributed by atoms with Crippen LogP contribution in [0.5, 0.6) is 0 Å². The molecule has 1 rings (SSSR count). The van der Waals surface area contributed by atoms with Crippen molar-refractivity contribution in [2.24, 2.45) is 5.41 Å². The molecule has 1 aliphatic rings. The summed E-state index contributed by atoms with van der Waals surface area (Å²) in [6.07, 6.45) is 1.22. The topological polar surface area (TPSA) is 72.9 Å². The molecule has 1 saturated heterocycles. The Balaban J connectivity index is 3.00. The van der Waals surface area contributed by atoms with Crippen molar-refractivity contribution in [2.75, 3.05) is 19.7 Å². The van der Waals surface area contributed by atoms with Crippen molar-refractivity contribution in [2.45, 2.75) is 46.1 Å². The summed E-state index contributed by atoms with van der Waals surface area (Å²) in [5.74, 6) is -0.821. The highest BCUT2D eigenvalue weighted by Gasteiger charge is 2.50. The fourth-order valence-electron chi connectivity index (χ4n) is 2.41. The molecule has 1 unspecified atom stereocenters. The van der Waals surface area contributed by atoms with E-state index >= 15 is 0 Å². The zero-order valence-electron chi connectivity index (χ0n) is 13.8. The fraction of sp³-hybridized carbons (Fsp3) is 0.688. The molecule has 1 amide bonds. The molecule has 1 heterocycles.